The molecule has 0 fully saturated rings. The summed E-state index contributed by atoms with van der Waals surface area (Å²) < 4.78 is 0. The van der Waals surface area contributed by atoms with Crippen LogP contribution in [0.3, 0.4) is 0 Å². The van der Waals surface area contributed by atoms with Crippen LogP contribution in [0.15, 0.2) is 42.0 Å². The van der Waals surface area contributed by atoms with Gasteiger partial charge in [0, 0.05) is 23.3 Å². The van der Waals surface area contributed by atoms with Crippen molar-refractivity contribution in [2.24, 2.45) is 0 Å². The number of carboxylic acids is 1. The highest BCUT2D eigenvalue weighted by atomic mass is 32.1. The van der Waals surface area contributed by atoms with Gasteiger partial charge in [-0.2, -0.15) is 0 Å². The van der Waals surface area contributed by atoms with Crippen molar-refractivity contribution < 1.29 is 9.90 Å². The second-order valence-electron chi connectivity index (χ2n) is 4.41. The molecule has 1 N–H and O–H groups in total. The van der Waals surface area contributed by atoms with Crippen LogP contribution < -0.4 is 0 Å². The highest BCUT2D eigenvalue weighted by Crippen LogP contribution is 2.28. The van der Waals surface area contributed by atoms with Crippen molar-refractivity contribution in [3.8, 4) is 22.0 Å². The molecule has 104 valence electrons. The van der Waals surface area contributed by atoms with Gasteiger partial charge >= 0.3 is 5.97 Å². The van der Waals surface area contributed by atoms with E-state index in [4.69, 9.17) is 5.11 Å². The van der Waals surface area contributed by atoms with E-state index in [1.807, 2.05) is 12.3 Å². The molecule has 1 aromatic carbocycles. The van der Waals surface area contributed by atoms with Gasteiger partial charge < -0.3 is 5.11 Å². The van der Waals surface area contributed by atoms with Crippen molar-refractivity contribution in [1.82, 2.24) is 15.0 Å². The molecule has 0 saturated carbocycles. The number of thiazole rings is 1. The van der Waals surface area contributed by atoms with Crippen molar-refractivity contribution in [3.05, 3.63) is 53.3 Å². The lowest BCUT2D eigenvalue weighted by Gasteiger charge is -1.99. The summed E-state index contributed by atoms with van der Waals surface area (Å²) in [7, 11) is 0. The number of carbonyl (C=O) groups is 1. The first-order chi connectivity index (χ1) is 10.1. The zero-order valence-electron chi connectivity index (χ0n) is 11.1. The van der Waals surface area contributed by atoms with Crippen LogP contribution in [0, 0.1) is 6.92 Å². The maximum Gasteiger partial charge on any atom is 0.335 e. The standard InChI is InChI=1S/C15H11N3O2S/c1-9-13(17-7-6-16-9)12-8-21-14(18-12)10-2-4-11(5-3-10)15(19)20/h2-8H,1H3,(H,19,20). The molecule has 0 radical (unpaired) electrons. The number of hydrogen-bond acceptors (Lipinski definition) is 5. The Morgan fingerprint density at radius 3 is 2.52 bits per heavy atom. The van der Waals surface area contributed by atoms with Crippen LogP contribution in [0.4, 0.5) is 0 Å². The second-order valence-corrected chi connectivity index (χ2v) is 5.27. The van der Waals surface area contributed by atoms with Gasteiger partial charge in [-0.15, -0.1) is 11.3 Å². The number of benzene rings is 1. The van der Waals surface area contributed by atoms with Crippen molar-refractivity contribution in [3.63, 3.8) is 0 Å². The molecule has 0 spiro atoms. The Morgan fingerprint density at radius 1 is 1.14 bits per heavy atom. The van der Waals surface area contributed by atoms with E-state index in [0.717, 1.165) is 27.7 Å². The van der Waals surface area contributed by atoms with E-state index in [9.17, 15) is 4.79 Å². The lowest BCUT2D eigenvalue weighted by atomic mass is 10.1. The summed E-state index contributed by atoms with van der Waals surface area (Å²) in [5, 5.41) is 11.7. The van der Waals surface area contributed by atoms with E-state index >= 15 is 0 Å². The van der Waals surface area contributed by atoms with Crippen molar-refractivity contribution in [1.29, 1.82) is 0 Å². The van der Waals surface area contributed by atoms with Crippen LogP contribution in [0.2, 0.25) is 0 Å². The number of nitrogens with zero attached hydrogens (tertiary/aromatic N) is 3. The lowest BCUT2D eigenvalue weighted by molar-refractivity contribution is 0.0697. The zero-order valence-corrected chi connectivity index (χ0v) is 12.0. The Morgan fingerprint density at radius 2 is 1.86 bits per heavy atom. The van der Waals surface area contributed by atoms with Crippen LogP contribution in [-0.4, -0.2) is 26.0 Å². The SMILES string of the molecule is Cc1nccnc1-c1csc(-c2ccc(C(=O)O)cc2)n1. The largest absolute Gasteiger partial charge is 0.478 e. The molecule has 3 rings (SSSR count). The smallest absolute Gasteiger partial charge is 0.335 e. The predicted octanol–water partition coefficient (Wildman–Crippen LogP) is 3.27. The van der Waals surface area contributed by atoms with E-state index in [2.05, 4.69) is 15.0 Å². The second kappa shape index (κ2) is 5.41. The zero-order chi connectivity index (χ0) is 14.8. The first kappa shape index (κ1) is 13.4. The average Bonchev–Trinajstić information content (AvgIpc) is 2.97. The highest BCUT2D eigenvalue weighted by Gasteiger charge is 2.11. The predicted molar refractivity (Wildman–Crippen MR) is 80.3 cm³/mol. The Bertz CT molecular complexity index is 797. The third-order valence-electron chi connectivity index (χ3n) is 3.01. The number of aromatic nitrogens is 3. The molecule has 0 aliphatic heterocycles. The third-order valence-corrected chi connectivity index (χ3v) is 3.90. The molecule has 0 aliphatic carbocycles. The molecule has 3 aromatic rings. The van der Waals surface area contributed by atoms with Gasteiger partial charge in [-0.25, -0.2) is 9.78 Å². The van der Waals surface area contributed by atoms with Gasteiger partial charge in [-0.1, -0.05) is 12.1 Å². The van der Waals surface area contributed by atoms with Gasteiger partial charge in [0.05, 0.1) is 11.3 Å². The van der Waals surface area contributed by atoms with E-state index in [-0.39, 0.29) is 5.56 Å². The Balaban J connectivity index is 1.95. The van der Waals surface area contributed by atoms with Crippen LogP contribution in [0.5, 0.6) is 0 Å². The Hall–Kier alpha value is -2.60. The molecule has 0 bridgehead atoms. The number of aromatic carboxylic acids is 1. The Labute approximate surface area is 125 Å². The van der Waals surface area contributed by atoms with Crippen LogP contribution in [0.25, 0.3) is 22.0 Å². The highest BCUT2D eigenvalue weighted by molar-refractivity contribution is 7.13. The maximum atomic E-state index is 10.8. The molecule has 2 aromatic heterocycles. The monoisotopic (exact) mass is 297 g/mol. The summed E-state index contributed by atoms with van der Waals surface area (Å²) in [6, 6.07) is 6.67. The van der Waals surface area contributed by atoms with Gasteiger partial charge in [-0.05, 0) is 19.1 Å². The van der Waals surface area contributed by atoms with E-state index in [1.165, 1.54) is 11.3 Å². The molecule has 0 aliphatic rings. The van der Waals surface area contributed by atoms with Gasteiger partial charge in [0.25, 0.3) is 0 Å². The summed E-state index contributed by atoms with van der Waals surface area (Å²) in [5.74, 6) is -0.934. The first-order valence-electron chi connectivity index (χ1n) is 6.22. The fraction of sp³-hybridized carbons (Fsp3) is 0.0667. The van der Waals surface area contributed by atoms with Crippen molar-refractivity contribution in [2.75, 3.05) is 0 Å². The number of hydrogen-bond donors (Lipinski definition) is 1. The molecular formula is C15H11N3O2S. The minimum absolute atomic E-state index is 0.264. The Kier molecular flexibility index (Phi) is 3.45. The molecule has 6 heteroatoms. The van der Waals surface area contributed by atoms with Gasteiger partial charge in [0.15, 0.2) is 0 Å². The molecule has 0 amide bonds. The summed E-state index contributed by atoms with van der Waals surface area (Å²) >= 11 is 1.49. The van der Waals surface area contributed by atoms with Crippen molar-refractivity contribution >= 4 is 17.3 Å². The molecule has 2 heterocycles. The summed E-state index contributed by atoms with van der Waals surface area (Å²) in [6.07, 6.45) is 3.29. The maximum absolute atomic E-state index is 10.8. The fourth-order valence-corrected chi connectivity index (χ4v) is 2.74. The summed E-state index contributed by atoms with van der Waals surface area (Å²) in [5.41, 5.74) is 3.53. The molecule has 0 unspecified atom stereocenters. The lowest BCUT2D eigenvalue weighted by Crippen LogP contribution is -1.95. The summed E-state index contributed by atoms with van der Waals surface area (Å²) in [6.45, 7) is 1.89. The van der Waals surface area contributed by atoms with Crippen LogP contribution in [0.1, 0.15) is 16.1 Å². The minimum atomic E-state index is -0.934. The average molecular weight is 297 g/mol. The number of carboxylic acid groups (broad SMARTS) is 1. The van der Waals surface area contributed by atoms with Gasteiger partial charge in [0.1, 0.15) is 16.4 Å². The minimum Gasteiger partial charge on any atom is -0.478 e. The van der Waals surface area contributed by atoms with Gasteiger partial charge in [0.2, 0.25) is 0 Å². The van der Waals surface area contributed by atoms with E-state index < -0.39 is 5.97 Å². The third kappa shape index (κ3) is 2.66. The topological polar surface area (TPSA) is 76.0 Å². The normalized spacial score (nSPS) is 10.5. The molecule has 5 nitrogen and oxygen atoms in total. The fourth-order valence-electron chi connectivity index (χ4n) is 1.93. The van der Waals surface area contributed by atoms with Gasteiger partial charge in [-0.3, -0.25) is 9.97 Å². The van der Waals surface area contributed by atoms with E-state index in [1.54, 1.807) is 36.7 Å². The first-order valence-corrected chi connectivity index (χ1v) is 7.10. The van der Waals surface area contributed by atoms with Crippen LogP contribution in [-0.2, 0) is 0 Å². The molecular weight excluding hydrogens is 286 g/mol. The number of rotatable bonds is 3. The quantitative estimate of drug-likeness (QED) is 0.803. The van der Waals surface area contributed by atoms with E-state index in [0.29, 0.717) is 0 Å². The number of aryl methyl sites for hydroxylation is 1. The summed E-state index contributed by atoms with van der Waals surface area (Å²) in [4.78, 5) is 23.9. The van der Waals surface area contributed by atoms with Crippen LogP contribution >= 0.6 is 11.3 Å². The molecule has 0 saturated heterocycles. The van der Waals surface area contributed by atoms with Crippen molar-refractivity contribution in [2.45, 2.75) is 6.92 Å². The molecule has 0 atom stereocenters. The molecule has 21 heavy (non-hydrogen) atoms.